The average molecular weight is 393 g/mol. The number of hydrogen-bond acceptors (Lipinski definition) is 3. The number of hydrogen-bond donors (Lipinski definition) is 2. The van der Waals surface area contributed by atoms with Gasteiger partial charge in [0.15, 0.2) is 5.96 Å². The van der Waals surface area contributed by atoms with Crippen molar-refractivity contribution in [3.8, 4) is 0 Å². The lowest BCUT2D eigenvalue weighted by molar-refractivity contribution is 0.0243. The molecule has 5 nitrogen and oxygen atoms in total. The highest BCUT2D eigenvalue weighted by atomic mass is 127. The van der Waals surface area contributed by atoms with Crippen LogP contribution in [0.15, 0.2) is 28.0 Å². The first kappa shape index (κ1) is 17.3. The summed E-state index contributed by atoms with van der Waals surface area (Å²) in [6.45, 7) is 7.30. The summed E-state index contributed by atoms with van der Waals surface area (Å²) >= 11 is 0. The summed E-state index contributed by atoms with van der Waals surface area (Å²) in [5.74, 6) is 0.820. The van der Waals surface area contributed by atoms with E-state index in [0.717, 1.165) is 44.1 Å². The number of furan rings is 1. The van der Waals surface area contributed by atoms with Gasteiger partial charge in [0.25, 0.3) is 0 Å². The molecule has 1 aliphatic heterocycles. The van der Waals surface area contributed by atoms with E-state index in [2.05, 4.69) is 29.5 Å². The van der Waals surface area contributed by atoms with Gasteiger partial charge in [0, 0.05) is 25.3 Å². The maximum Gasteiger partial charge on any atom is 0.191 e. The Labute approximate surface area is 137 Å². The van der Waals surface area contributed by atoms with Crippen molar-refractivity contribution in [1.82, 2.24) is 10.6 Å². The van der Waals surface area contributed by atoms with E-state index in [1.165, 1.54) is 0 Å². The average Bonchev–Trinajstić information content (AvgIpc) is 3.05. The fourth-order valence-electron chi connectivity index (χ4n) is 2.14. The van der Waals surface area contributed by atoms with Gasteiger partial charge < -0.3 is 19.8 Å². The number of rotatable bonds is 5. The minimum absolute atomic E-state index is 0. The second-order valence-electron chi connectivity index (χ2n) is 5.08. The maximum absolute atomic E-state index is 5.76. The third kappa shape index (κ3) is 5.32. The van der Waals surface area contributed by atoms with Gasteiger partial charge in [-0.25, -0.2) is 4.99 Å². The molecular formula is C14H24IN3O2. The highest BCUT2D eigenvalue weighted by Gasteiger charge is 2.29. The Morgan fingerprint density at radius 1 is 1.45 bits per heavy atom. The molecule has 0 aromatic carbocycles. The minimum Gasteiger partial charge on any atom is -0.472 e. The summed E-state index contributed by atoms with van der Waals surface area (Å²) in [6, 6.07) is 1.93. The van der Waals surface area contributed by atoms with Crippen molar-refractivity contribution in [2.75, 3.05) is 19.7 Å². The van der Waals surface area contributed by atoms with Crippen molar-refractivity contribution < 1.29 is 9.15 Å². The topological polar surface area (TPSA) is 58.8 Å². The molecule has 1 saturated heterocycles. The first-order chi connectivity index (χ1) is 9.22. The van der Waals surface area contributed by atoms with Gasteiger partial charge in [0.1, 0.15) is 0 Å². The molecule has 0 radical (unpaired) electrons. The van der Waals surface area contributed by atoms with E-state index < -0.39 is 0 Å². The number of ether oxygens (including phenoxy) is 1. The number of guanidine groups is 1. The molecule has 0 bridgehead atoms. The van der Waals surface area contributed by atoms with Gasteiger partial charge in [0.2, 0.25) is 0 Å². The molecule has 1 aliphatic rings. The van der Waals surface area contributed by atoms with E-state index in [9.17, 15) is 0 Å². The van der Waals surface area contributed by atoms with Gasteiger partial charge in [-0.1, -0.05) is 0 Å². The molecule has 1 atom stereocenters. The molecular weight excluding hydrogens is 369 g/mol. The normalized spacial score (nSPS) is 22.4. The van der Waals surface area contributed by atoms with Gasteiger partial charge in [-0.15, -0.1) is 24.0 Å². The zero-order chi connectivity index (χ0) is 13.6. The lowest BCUT2D eigenvalue weighted by Crippen LogP contribution is -2.45. The molecule has 1 aromatic rings. The Bertz CT molecular complexity index is 401. The molecule has 1 unspecified atom stereocenters. The van der Waals surface area contributed by atoms with Crippen LogP contribution in [0.5, 0.6) is 0 Å². The lowest BCUT2D eigenvalue weighted by Gasteiger charge is -2.24. The molecule has 2 rings (SSSR count). The van der Waals surface area contributed by atoms with Crippen LogP contribution in [0, 0.1) is 0 Å². The lowest BCUT2D eigenvalue weighted by atomic mass is 10.0. The van der Waals surface area contributed by atoms with Crippen LogP contribution < -0.4 is 10.6 Å². The maximum atomic E-state index is 5.76. The molecule has 0 amide bonds. The van der Waals surface area contributed by atoms with Gasteiger partial charge in [-0.2, -0.15) is 0 Å². The van der Waals surface area contributed by atoms with E-state index in [1.807, 2.05) is 6.07 Å². The summed E-state index contributed by atoms with van der Waals surface area (Å²) in [5.41, 5.74) is 1.01. The van der Waals surface area contributed by atoms with E-state index in [1.54, 1.807) is 12.5 Å². The third-order valence-electron chi connectivity index (χ3n) is 3.27. The fraction of sp³-hybridized carbons (Fsp3) is 0.643. The SMILES string of the molecule is CCNC(=NCc1ccoc1)NCC1(C)CCCO1.I. The molecule has 1 fully saturated rings. The summed E-state index contributed by atoms with van der Waals surface area (Å²) in [5, 5.41) is 6.59. The summed E-state index contributed by atoms with van der Waals surface area (Å²) in [6.07, 6.45) is 5.62. The van der Waals surface area contributed by atoms with E-state index >= 15 is 0 Å². The summed E-state index contributed by atoms with van der Waals surface area (Å²) < 4.78 is 10.8. The summed E-state index contributed by atoms with van der Waals surface area (Å²) in [4.78, 5) is 4.53. The first-order valence-corrected chi connectivity index (χ1v) is 6.89. The largest absolute Gasteiger partial charge is 0.472 e. The molecule has 0 aliphatic carbocycles. The molecule has 0 saturated carbocycles. The Hall–Kier alpha value is -0.760. The molecule has 20 heavy (non-hydrogen) atoms. The van der Waals surface area contributed by atoms with Crippen molar-refractivity contribution in [2.45, 2.75) is 38.8 Å². The van der Waals surface area contributed by atoms with Crippen molar-refractivity contribution in [3.05, 3.63) is 24.2 Å². The summed E-state index contributed by atoms with van der Waals surface area (Å²) in [7, 11) is 0. The smallest absolute Gasteiger partial charge is 0.191 e. The van der Waals surface area contributed by atoms with Gasteiger partial charge in [-0.3, -0.25) is 0 Å². The Kier molecular flexibility index (Phi) is 7.36. The van der Waals surface area contributed by atoms with Crippen molar-refractivity contribution in [3.63, 3.8) is 0 Å². The van der Waals surface area contributed by atoms with Crippen LogP contribution in [0.4, 0.5) is 0 Å². The van der Waals surface area contributed by atoms with E-state index in [-0.39, 0.29) is 29.6 Å². The van der Waals surface area contributed by atoms with Crippen molar-refractivity contribution in [2.24, 2.45) is 4.99 Å². The zero-order valence-electron chi connectivity index (χ0n) is 12.1. The van der Waals surface area contributed by atoms with Crippen LogP contribution in [0.25, 0.3) is 0 Å². The zero-order valence-corrected chi connectivity index (χ0v) is 14.5. The van der Waals surface area contributed by atoms with Crippen molar-refractivity contribution >= 4 is 29.9 Å². The van der Waals surface area contributed by atoms with Crippen LogP contribution in [-0.2, 0) is 11.3 Å². The molecule has 114 valence electrons. The van der Waals surface area contributed by atoms with Crippen molar-refractivity contribution in [1.29, 1.82) is 0 Å². The van der Waals surface area contributed by atoms with Crippen LogP contribution in [0.3, 0.4) is 0 Å². The Morgan fingerprint density at radius 2 is 2.30 bits per heavy atom. The molecule has 2 N–H and O–H groups in total. The number of halogens is 1. The quantitative estimate of drug-likeness (QED) is 0.459. The number of aliphatic imine (C=N–C) groups is 1. The standard InChI is InChI=1S/C14H23N3O2.HI/c1-3-15-13(16-9-12-5-8-18-10-12)17-11-14(2)6-4-7-19-14;/h5,8,10H,3-4,6-7,9,11H2,1-2H3,(H2,15,16,17);1H. The fourth-order valence-corrected chi connectivity index (χ4v) is 2.14. The van der Waals surface area contributed by atoms with E-state index in [4.69, 9.17) is 9.15 Å². The van der Waals surface area contributed by atoms with Crippen LogP contribution in [-0.4, -0.2) is 31.3 Å². The molecule has 2 heterocycles. The van der Waals surface area contributed by atoms with Gasteiger partial charge >= 0.3 is 0 Å². The predicted molar refractivity (Wildman–Crippen MR) is 90.5 cm³/mol. The monoisotopic (exact) mass is 393 g/mol. The highest BCUT2D eigenvalue weighted by molar-refractivity contribution is 14.0. The van der Waals surface area contributed by atoms with Crippen LogP contribution >= 0.6 is 24.0 Å². The minimum atomic E-state index is -0.0637. The van der Waals surface area contributed by atoms with Gasteiger partial charge in [-0.05, 0) is 32.8 Å². The molecule has 0 spiro atoms. The van der Waals surface area contributed by atoms with E-state index in [0.29, 0.717) is 6.54 Å². The highest BCUT2D eigenvalue weighted by Crippen LogP contribution is 2.23. The molecule has 6 heteroatoms. The Balaban J connectivity index is 0.00000200. The second-order valence-corrected chi connectivity index (χ2v) is 5.08. The van der Waals surface area contributed by atoms with Gasteiger partial charge in [0.05, 0.1) is 24.7 Å². The Morgan fingerprint density at radius 3 is 2.90 bits per heavy atom. The third-order valence-corrected chi connectivity index (χ3v) is 3.27. The van der Waals surface area contributed by atoms with Crippen LogP contribution in [0.1, 0.15) is 32.3 Å². The first-order valence-electron chi connectivity index (χ1n) is 6.89. The second kappa shape index (κ2) is 8.51. The number of nitrogens with one attached hydrogen (secondary N) is 2. The predicted octanol–water partition coefficient (Wildman–Crippen LogP) is 2.52. The van der Waals surface area contributed by atoms with Crippen LogP contribution in [0.2, 0.25) is 0 Å². The molecule has 1 aromatic heterocycles. The number of nitrogens with zero attached hydrogens (tertiary/aromatic N) is 1.